The van der Waals surface area contributed by atoms with Gasteiger partial charge in [0.1, 0.15) is 0 Å². The lowest BCUT2D eigenvalue weighted by Crippen LogP contribution is -2.20. The summed E-state index contributed by atoms with van der Waals surface area (Å²) in [4.78, 5) is 16.3. The van der Waals surface area contributed by atoms with Gasteiger partial charge in [-0.2, -0.15) is 0 Å². The van der Waals surface area contributed by atoms with Gasteiger partial charge >= 0.3 is 0 Å². The molecule has 1 saturated carbocycles. The Balaban J connectivity index is 0.000000238. The number of aryl methyl sites for hydroxylation is 1. The number of amides is 1. The molecule has 4 rings (SSSR count). The van der Waals surface area contributed by atoms with Crippen LogP contribution in [0.4, 0.5) is 0 Å². The fraction of sp³-hybridized carbons (Fsp3) is 0.333. The number of aliphatic imine (C=N–C) groups is 1. The highest BCUT2D eigenvalue weighted by molar-refractivity contribution is 6.05. The van der Waals surface area contributed by atoms with Crippen molar-refractivity contribution < 1.29 is 4.79 Å². The zero-order valence-corrected chi connectivity index (χ0v) is 14.1. The van der Waals surface area contributed by atoms with E-state index in [-0.39, 0.29) is 17.7 Å². The molecular formula is C21H24N2O. The number of benzene rings is 2. The summed E-state index contributed by atoms with van der Waals surface area (Å²) in [6, 6.07) is 20.5. The molecule has 0 bridgehead atoms. The molecule has 3 heteroatoms. The van der Waals surface area contributed by atoms with Gasteiger partial charge in [0.25, 0.3) is 5.91 Å². The highest BCUT2D eigenvalue weighted by Crippen LogP contribution is 2.30. The Morgan fingerprint density at radius 3 is 2.08 bits per heavy atom. The van der Waals surface area contributed by atoms with Gasteiger partial charge in [-0.15, -0.1) is 0 Å². The summed E-state index contributed by atoms with van der Waals surface area (Å²) in [7, 11) is 0. The van der Waals surface area contributed by atoms with Crippen LogP contribution >= 0.6 is 0 Å². The van der Waals surface area contributed by atoms with Crippen molar-refractivity contribution >= 4 is 11.6 Å². The number of carbonyl (C=O) groups is 1. The van der Waals surface area contributed by atoms with Crippen molar-refractivity contribution in [1.82, 2.24) is 5.32 Å². The molecule has 2 aliphatic rings. The second-order valence-corrected chi connectivity index (χ2v) is 6.45. The monoisotopic (exact) mass is 320 g/mol. The molecule has 2 fully saturated rings. The zero-order valence-electron chi connectivity index (χ0n) is 14.1. The summed E-state index contributed by atoms with van der Waals surface area (Å²) in [6.07, 6.45) is 2.03. The molecule has 0 aromatic heterocycles. The van der Waals surface area contributed by atoms with E-state index in [1.165, 1.54) is 11.1 Å². The van der Waals surface area contributed by atoms with Crippen LogP contribution in [0.5, 0.6) is 0 Å². The maximum absolute atomic E-state index is 12.1. The van der Waals surface area contributed by atoms with Crippen molar-refractivity contribution in [3.8, 4) is 0 Å². The van der Waals surface area contributed by atoms with Crippen LogP contribution in [0, 0.1) is 12.8 Å². The lowest BCUT2D eigenvalue weighted by molar-refractivity contribution is -0.121. The summed E-state index contributed by atoms with van der Waals surface area (Å²) >= 11 is 0. The lowest BCUT2D eigenvalue weighted by Gasteiger charge is -2.16. The zero-order chi connectivity index (χ0) is 16.8. The Bertz CT molecular complexity index is 659. The third-order valence-electron chi connectivity index (χ3n) is 4.45. The number of hydrogen-bond donors (Lipinski definition) is 1. The first-order chi connectivity index (χ1) is 11.7. The van der Waals surface area contributed by atoms with E-state index >= 15 is 0 Å². The first-order valence-electron chi connectivity index (χ1n) is 8.61. The fourth-order valence-electron chi connectivity index (χ4n) is 2.89. The van der Waals surface area contributed by atoms with Crippen LogP contribution in [0.25, 0.3) is 0 Å². The predicted octanol–water partition coefficient (Wildman–Crippen LogP) is 3.75. The van der Waals surface area contributed by atoms with Gasteiger partial charge in [0.05, 0.1) is 5.92 Å². The Kier molecular flexibility index (Phi) is 5.55. The molecule has 2 aromatic rings. The Hall–Kier alpha value is -2.26. The van der Waals surface area contributed by atoms with Crippen molar-refractivity contribution in [2.75, 3.05) is 13.1 Å². The SMILES string of the molecule is Cc1ccc([C@@H]2CNC[C@H]2C(=O)N=C2CC2)cc1.c1ccccc1. The molecule has 1 saturated heterocycles. The molecule has 1 aliphatic heterocycles. The molecule has 124 valence electrons. The molecule has 1 N–H and O–H groups in total. The average molecular weight is 320 g/mol. The van der Waals surface area contributed by atoms with Gasteiger partial charge in [-0.25, -0.2) is 4.99 Å². The molecule has 0 spiro atoms. The van der Waals surface area contributed by atoms with E-state index < -0.39 is 0 Å². The number of nitrogens with zero attached hydrogens (tertiary/aromatic N) is 1. The average Bonchev–Trinajstić information content (AvgIpc) is 3.30. The first-order valence-corrected chi connectivity index (χ1v) is 8.61. The van der Waals surface area contributed by atoms with Crippen LogP contribution in [0.2, 0.25) is 0 Å². The number of rotatable bonds is 2. The maximum Gasteiger partial charge on any atom is 0.250 e. The van der Waals surface area contributed by atoms with Crippen LogP contribution in [0.15, 0.2) is 65.7 Å². The van der Waals surface area contributed by atoms with Crippen LogP contribution in [-0.4, -0.2) is 24.7 Å². The molecule has 2 aromatic carbocycles. The van der Waals surface area contributed by atoms with Gasteiger partial charge in [0.2, 0.25) is 0 Å². The smallest absolute Gasteiger partial charge is 0.250 e. The number of carbonyl (C=O) groups excluding carboxylic acids is 1. The fourth-order valence-corrected chi connectivity index (χ4v) is 2.89. The molecule has 2 atom stereocenters. The van der Waals surface area contributed by atoms with Crippen LogP contribution in [0.3, 0.4) is 0 Å². The number of hydrogen-bond acceptors (Lipinski definition) is 2. The van der Waals surface area contributed by atoms with Crippen molar-refractivity contribution in [3.63, 3.8) is 0 Å². The summed E-state index contributed by atoms with van der Waals surface area (Å²) in [5, 5.41) is 3.32. The molecule has 24 heavy (non-hydrogen) atoms. The highest BCUT2D eigenvalue weighted by Gasteiger charge is 2.34. The summed E-state index contributed by atoms with van der Waals surface area (Å²) in [5.41, 5.74) is 3.58. The van der Waals surface area contributed by atoms with E-state index in [2.05, 4.69) is 41.5 Å². The molecule has 1 heterocycles. The van der Waals surface area contributed by atoms with Gasteiger partial charge in [-0.1, -0.05) is 66.2 Å². The normalized spacial score (nSPS) is 21.6. The quantitative estimate of drug-likeness (QED) is 0.915. The first kappa shape index (κ1) is 16.6. The standard InChI is InChI=1S/C15H18N2O.C6H6/c1-10-2-4-11(5-3-10)13-8-16-9-14(13)15(18)17-12-6-7-12;1-2-4-6-5-3-1/h2-5,13-14,16H,6-9H2,1H3;1-6H/t13-,14+;/m0./s1. The summed E-state index contributed by atoms with van der Waals surface area (Å²) < 4.78 is 0. The van der Waals surface area contributed by atoms with Crippen LogP contribution < -0.4 is 5.32 Å². The Morgan fingerprint density at radius 2 is 1.54 bits per heavy atom. The second kappa shape index (κ2) is 8.02. The minimum absolute atomic E-state index is 0.0146. The van der Waals surface area contributed by atoms with Crippen molar-refractivity contribution in [2.45, 2.75) is 25.7 Å². The molecule has 1 aliphatic carbocycles. The number of nitrogens with one attached hydrogen (secondary N) is 1. The largest absolute Gasteiger partial charge is 0.315 e. The van der Waals surface area contributed by atoms with Crippen molar-refractivity contribution in [1.29, 1.82) is 0 Å². The van der Waals surface area contributed by atoms with Gasteiger partial charge < -0.3 is 5.32 Å². The molecule has 0 unspecified atom stereocenters. The van der Waals surface area contributed by atoms with Gasteiger partial charge in [0.15, 0.2) is 0 Å². The van der Waals surface area contributed by atoms with E-state index in [9.17, 15) is 4.79 Å². The summed E-state index contributed by atoms with van der Waals surface area (Å²) in [5.74, 6) is 0.361. The van der Waals surface area contributed by atoms with E-state index in [1.807, 2.05) is 36.4 Å². The third kappa shape index (κ3) is 4.62. The Labute approximate surface area is 143 Å². The third-order valence-corrected chi connectivity index (χ3v) is 4.45. The Morgan fingerprint density at radius 1 is 0.958 bits per heavy atom. The minimum atomic E-state index is 0.0146. The van der Waals surface area contributed by atoms with E-state index in [4.69, 9.17) is 0 Å². The van der Waals surface area contributed by atoms with E-state index in [0.29, 0.717) is 0 Å². The summed E-state index contributed by atoms with van der Waals surface area (Å²) in [6.45, 7) is 3.72. The van der Waals surface area contributed by atoms with Crippen LogP contribution in [0.1, 0.15) is 29.9 Å². The van der Waals surface area contributed by atoms with Gasteiger partial charge in [-0.3, -0.25) is 4.79 Å². The van der Waals surface area contributed by atoms with Crippen molar-refractivity contribution in [3.05, 3.63) is 71.8 Å². The van der Waals surface area contributed by atoms with Gasteiger partial charge in [-0.05, 0) is 25.3 Å². The van der Waals surface area contributed by atoms with E-state index in [0.717, 1.165) is 31.6 Å². The molecule has 1 amide bonds. The van der Waals surface area contributed by atoms with E-state index in [1.54, 1.807) is 0 Å². The lowest BCUT2D eigenvalue weighted by atomic mass is 9.88. The minimum Gasteiger partial charge on any atom is -0.315 e. The molecule has 0 radical (unpaired) electrons. The highest BCUT2D eigenvalue weighted by atomic mass is 16.1. The molecular weight excluding hydrogens is 296 g/mol. The van der Waals surface area contributed by atoms with Crippen LogP contribution in [-0.2, 0) is 4.79 Å². The maximum atomic E-state index is 12.1. The predicted molar refractivity (Wildman–Crippen MR) is 98.4 cm³/mol. The molecule has 3 nitrogen and oxygen atoms in total. The topological polar surface area (TPSA) is 41.5 Å². The second-order valence-electron chi connectivity index (χ2n) is 6.45. The van der Waals surface area contributed by atoms with Crippen molar-refractivity contribution in [2.24, 2.45) is 10.9 Å². The van der Waals surface area contributed by atoms with Gasteiger partial charge in [0, 0.05) is 24.7 Å².